The molecule has 0 saturated carbocycles. The second-order valence-electron chi connectivity index (χ2n) is 4.25. The number of benzene rings is 2. The molecule has 0 aliphatic carbocycles. The lowest BCUT2D eigenvalue weighted by Gasteiger charge is -2.07. The summed E-state index contributed by atoms with van der Waals surface area (Å²) in [7, 11) is 0. The van der Waals surface area contributed by atoms with Crippen LogP contribution in [0.2, 0.25) is 5.02 Å². The summed E-state index contributed by atoms with van der Waals surface area (Å²) in [5, 5.41) is 11.4. The van der Waals surface area contributed by atoms with E-state index in [1.54, 1.807) is 18.2 Å². The lowest BCUT2D eigenvalue weighted by Crippen LogP contribution is -2.02. The highest BCUT2D eigenvalue weighted by Crippen LogP contribution is 2.31. The summed E-state index contributed by atoms with van der Waals surface area (Å²) in [4.78, 5) is 0. The minimum absolute atomic E-state index is 0.144. The minimum Gasteiger partial charge on any atom is -0.398 e. The van der Waals surface area contributed by atoms with Gasteiger partial charge in [0.15, 0.2) is 5.82 Å². The fourth-order valence-corrected chi connectivity index (χ4v) is 2.12. The molecule has 0 aliphatic rings. The molecule has 0 fully saturated rings. The summed E-state index contributed by atoms with van der Waals surface area (Å²) in [5.41, 5.74) is 6.70. The number of hydrogen-bond donors (Lipinski definition) is 1. The molecule has 0 aliphatic heterocycles. The van der Waals surface area contributed by atoms with E-state index in [0.29, 0.717) is 11.3 Å². The monoisotopic (exact) mass is 307 g/mol. The maximum absolute atomic E-state index is 13.3. The maximum atomic E-state index is 13.3. The normalized spacial score (nSPS) is 10.8. The number of tetrazole rings is 1. The third kappa shape index (κ3) is 2.43. The fourth-order valence-electron chi connectivity index (χ4n) is 1.91. The van der Waals surface area contributed by atoms with Gasteiger partial charge in [0.1, 0.15) is 11.6 Å². The summed E-state index contributed by atoms with van der Waals surface area (Å²) in [6.07, 6.45) is 0. The summed E-state index contributed by atoms with van der Waals surface area (Å²) in [5.74, 6) is -1.23. The summed E-state index contributed by atoms with van der Waals surface area (Å²) >= 11 is 6.12. The molecule has 0 atom stereocenters. The van der Waals surface area contributed by atoms with Crippen LogP contribution in [-0.2, 0) is 0 Å². The first-order valence-electron chi connectivity index (χ1n) is 5.85. The standard InChI is InChI=1S/C13H8ClF2N5/c14-12-10(2-1-3-11(12)17)13-18-19-20-21(13)9-5-7(15)4-8(16)6-9/h1-6H,17H2. The van der Waals surface area contributed by atoms with Gasteiger partial charge < -0.3 is 5.73 Å². The van der Waals surface area contributed by atoms with E-state index in [9.17, 15) is 8.78 Å². The van der Waals surface area contributed by atoms with Crippen LogP contribution >= 0.6 is 11.6 Å². The largest absolute Gasteiger partial charge is 0.398 e. The Hall–Kier alpha value is -2.54. The van der Waals surface area contributed by atoms with Crippen molar-refractivity contribution in [2.24, 2.45) is 0 Å². The molecular weight excluding hydrogens is 300 g/mol. The van der Waals surface area contributed by atoms with Gasteiger partial charge in [-0.15, -0.1) is 5.10 Å². The van der Waals surface area contributed by atoms with Gasteiger partial charge >= 0.3 is 0 Å². The van der Waals surface area contributed by atoms with Gasteiger partial charge in [0, 0.05) is 11.6 Å². The van der Waals surface area contributed by atoms with Crippen LogP contribution in [0.5, 0.6) is 0 Å². The topological polar surface area (TPSA) is 69.6 Å². The zero-order valence-corrected chi connectivity index (χ0v) is 11.2. The number of nitrogen functional groups attached to an aromatic ring is 1. The average Bonchev–Trinajstić information content (AvgIpc) is 2.90. The highest BCUT2D eigenvalue weighted by atomic mass is 35.5. The van der Waals surface area contributed by atoms with Crippen LogP contribution in [0, 0.1) is 11.6 Å². The van der Waals surface area contributed by atoms with Crippen molar-refractivity contribution in [3.8, 4) is 17.1 Å². The van der Waals surface area contributed by atoms with Crippen LogP contribution < -0.4 is 5.73 Å². The van der Waals surface area contributed by atoms with Crippen LogP contribution in [0.4, 0.5) is 14.5 Å². The van der Waals surface area contributed by atoms with E-state index in [4.69, 9.17) is 17.3 Å². The van der Waals surface area contributed by atoms with Crippen molar-refractivity contribution < 1.29 is 8.78 Å². The molecular formula is C13H8ClF2N5. The van der Waals surface area contributed by atoms with E-state index in [1.807, 2.05) is 0 Å². The SMILES string of the molecule is Nc1cccc(-c2nnnn2-c2cc(F)cc(F)c2)c1Cl. The number of aromatic nitrogens is 4. The summed E-state index contributed by atoms with van der Waals surface area (Å²) < 4.78 is 27.8. The molecule has 1 heterocycles. The summed E-state index contributed by atoms with van der Waals surface area (Å²) in [6, 6.07) is 7.97. The lowest BCUT2D eigenvalue weighted by molar-refractivity contribution is 0.579. The molecule has 0 amide bonds. The minimum atomic E-state index is -0.731. The van der Waals surface area contributed by atoms with Gasteiger partial charge in [-0.1, -0.05) is 17.7 Å². The predicted octanol–water partition coefficient (Wildman–Crippen LogP) is 2.84. The molecule has 0 unspecified atom stereocenters. The quantitative estimate of drug-likeness (QED) is 0.739. The summed E-state index contributed by atoms with van der Waals surface area (Å²) in [6.45, 7) is 0. The molecule has 5 nitrogen and oxygen atoms in total. The number of halogens is 3. The highest BCUT2D eigenvalue weighted by Gasteiger charge is 2.16. The number of hydrogen-bond acceptors (Lipinski definition) is 4. The van der Waals surface area contributed by atoms with E-state index >= 15 is 0 Å². The van der Waals surface area contributed by atoms with Crippen molar-refractivity contribution in [1.82, 2.24) is 20.2 Å². The van der Waals surface area contributed by atoms with Gasteiger partial charge in [-0.3, -0.25) is 0 Å². The zero-order chi connectivity index (χ0) is 15.0. The molecule has 8 heteroatoms. The van der Waals surface area contributed by atoms with Crippen LogP contribution in [0.3, 0.4) is 0 Å². The van der Waals surface area contributed by atoms with Gasteiger partial charge in [-0.25, -0.2) is 8.78 Å². The lowest BCUT2D eigenvalue weighted by atomic mass is 10.2. The molecule has 3 aromatic rings. The van der Waals surface area contributed by atoms with Crippen molar-refractivity contribution in [3.05, 3.63) is 53.1 Å². The van der Waals surface area contributed by atoms with E-state index in [-0.39, 0.29) is 16.5 Å². The second-order valence-corrected chi connectivity index (χ2v) is 4.63. The van der Waals surface area contributed by atoms with Gasteiger partial charge in [-0.2, -0.15) is 4.68 Å². The average molecular weight is 308 g/mol. The smallest absolute Gasteiger partial charge is 0.188 e. The number of nitrogens with zero attached hydrogens (tertiary/aromatic N) is 4. The Morgan fingerprint density at radius 2 is 1.81 bits per heavy atom. The molecule has 0 spiro atoms. The first kappa shape index (κ1) is 13.4. The van der Waals surface area contributed by atoms with Crippen LogP contribution in [0.25, 0.3) is 17.1 Å². The third-order valence-corrected chi connectivity index (χ3v) is 3.25. The Morgan fingerprint density at radius 3 is 2.52 bits per heavy atom. The maximum Gasteiger partial charge on any atom is 0.188 e. The Kier molecular flexibility index (Phi) is 3.26. The first-order chi connectivity index (χ1) is 10.1. The van der Waals surface area contributed by atoms with Gasteiger partial charge in [0.2, 0.25) is 0 Å². The highest BCUT2D eigenvalue weighted by molar-refractivity contribution is 6.35. The van der Waals surface area contributed by atoms with Crippen molar-refractivity contribution in [1.29, 1.82) is 0 Å². The predicted molar refractivity (Wildman–Crippen MR) is 73.9 cm³/mol. The Balaban J connectivity index is 2.19. The van der Waals surface area contributed by atoms with Gasteiger partial charge in [0.25, 0.3) is 0 Å². The van der Waals surface area contributed by atoms with Crippen LogP contribution in [-0.4, -0.2) is 20.2 Å². The zero-order valence-electron chi connectivity index (χ0n) is 10.5. The van der Waals surface area contributed by atoms with E-state index in [2.05, 4.69) is 15.5 Å². The second kappa shape index (κ2) is 5.10. The molecule has 2 aromatic carbocycles. The van der Waals surface area contributed by atoms with Gasteiger partial charge in [-0.05, 0) is 34.7 Å². The molecule has 0 radical (unpaired) electrons. The van der Waals surface area contributed by atoms with Crippen molar-refractivity contribution in [2.75, 3.05) is 5.73 Å². The van der Waals surface area contributed by atoms with Crippen LogP contribution in [0.1, 0.15) is 0 Å². The molecule has 0 bridgehead atoms. The molecule has 2 N–H and O–H groups in total. The molecule has 21 heavy (non-hydrogen) atoms. The molecule has 1 aromatic heterocycles. The van der Waals surface area contributed by atoms with E-state index < -0.39 is 11.6 Å². The van der Waals surface area contributed by atoms with Gasteiger partial charge in [0.05, 0.1) is 16.4 Å². The Morgan fingerprint density at radius 1 is 1.10 bits per heavy atom. The van der Waals surface area contributed by atoms with Crippen molar-refractivity contribution >= 4 is 17.3 Å². The fraction of sp³-hybridized carbons (Fsp3) is 0. The van der Waals surface area contributed by atoms with E-state index in [1.165, 1.54) is 4.68 Å². The Labute approximate surface area is 123 Å². The van der Waals surface area contributed by atoms with E-state index in [0.717, 1.165) is 18.2 Å². The molecule has 3 rings (SSSR count). The number of nitrogens with two attached hydrogens (primary N) is 1. The molecule has 0 saturated heterocycles. The number of anilines is 1. The third-order valence-electron chi connectivity index (χ3n) is 2.83. The van der Waals surface area contributed by atoms with Crippen molar-refractivity contribution in [3.63, 3.8) is 0 Å². The number of rotatable bonds is 2. The van der Waals surface area contributed by atoms with Crippen molar-refractivity contribution in [2.45, 2.75) is 0 Å². The van der Waals surface area contributed by atoms with Crippen LogP contribution in [0.15, 0.2) is 36.4 Å². The Bertz CT molecular complexity index is 798. The first-order valence-corrected chi connectivity index (χ1v) is 6.23. The molecule has 106 valence electrons.